The molecule has 2 rings (SSSR count). The van der Waals surface area contributed by atoms with Crippen molar-refractivity contribution in [3.63, 3.8) is 0 Å². The third kappa shape index (κ3) is 3.40. The van der Waals surface area contributed by atoms with E-state index in [4.69, 9.17) is 10.6 Å². The van der Waals surface area contributed by atoms with Gasteiger partial charge in [0, 0.05) is 26.3 Å². The van der Waals surface area contributed by atoms with Crippen LogP contribution in [0.15, 0.2) is 18.3 Å². The van der Waals surface area contributed by atoms with Crippen LogP contribution in [0.2, 0.25) is 0 Å². The molecule has 4 N–H and O–H groups in total. The van der Waals surface area contributed by atoms with E-state index in [1.54, 1.807) is 13.2 Å². The monoisotopic (exact) mass is 265 g/mol. The van der Waals surface area contributed by atoms with Crippen LogP contribution in [0.25, 0.3) is 0 Å². The second-order valence-corrected chi connectivity index (χ2v) is 4.37. The summed E-state index contributed by atoms with van der Waals surface area (Å²) in [4.78, 5) is 18.0. The van der Waals surface area contributed by atoms with Gasteiger partial charge in [-0.2, -0.15) is 0 Å². The second kappa shape index (κ2) is 6.46. The van der Waals surface area contributed by atoms with E-state index in [9.17, 15) is 4.79 Å². The average molecular weight is 265 g/mol. The zero-order valence-electron chi connectivity index (χ0n) is 10.9. The summed E-state index contributed by atoms with van der Waals surface area (Å²) in [7, 11) is 1.64. The van der Waals surface area contributed by atoms with Gasteiger partial charge >= 0.3 is 0 Å². The Morgan fingerprint density at radius 2 is 2.53 bits per heavy atom. The first-order valence-electron chi connectivity index (χ1n) is 6.19. The van der Waals surface area contributed by atoms with Gasteiger partial charge in [-0.05, 0) is 17.7 Å². The highest BCUT2D eigenvalue weighted by atomic mass is 16.5. The minimum Gasteiger partial charge on any atom is -0.378 e. The topological polar surface area (TPSA) is 92.5 Å². The number of hydrazine groups is 1. The highest BCUT2D eigenvalue weighted by Crippen LogP contribution is 2.14. The van der Waals surface area contributed by atoms with Crippen LogP contribution in [0.5, 0.6) is 0 Å². The summed E-state index contributed by atoms with van der Waals surface area (Å²) in [6.07, 6.45) is 1.69. The van der Waals surface area contributed by atoms with Crippen molar-refractivity contribution < 1.29 is 9.53 Å². The Balaban J connectivity index is 2.08. The van der Waals surface area contributed by atoms with Crippen molar-refractivity contribution in [1.29, 1.82) is 0 Å². The van der Waals surface area contributed by atoms with Crippen LogP contribution in [0.1, 0.15) is 5.56 Å². The van der Waals surface area contributed by atoms with Crippen molar-refractivity contribution in [3.8, 4) is 0 Å². The number of carbonyl (C=O) groups is 1. The Morgan fingerprint density at radius 3 is 3.26 bits per heavy atom. The smallest absolute Gasteiger partial charge is 0.239 e. The van der Waals surface area contributed by atoms with E-state index in [0.29, 0.717) is 25.6 Å². The van der Waals surface area contributed by atoms with Gasteiger partial charge in [-0.25, -0.2) is 10.8 Å². The number of pyridine rings is 1. The number of hydrogen-bond donors (Lipinski definition) is 3. The van der Waals surface area contributed by atoms with E-state index in [1.165, 1.54) is 0 Å². The van der Waals surface area contributed by atoms with E-state index in [1.807, 2.05) is 12.1 Å². The van der Waals surface area contributed by atoms with Crippen LogP contribution in [0.4, 0.5) is 5.82 Å². The van der Waals surface area contributed by atoms with Gasteiger partial charge < -0.3 is 15.5 Å². The first-order chi connectivity index (χ1) is 9.24. The molecule has 0 radical (unpaired) electrons. The van der Waals surface area contributed by atoms with Gasteiger partial charge in [0.25, 0.3) is 0 Å². The molecule has 2 heterocycles. The lowest BCUT2D eigenvalue weighted by atomic mass is 10.1. The Labute approximate surface area is 112 Å². The van der Waals surface area contributed by atoms with Crippen molar-refractivity contribution in [1.82, 2.24) is 15.2 Å². The lowest BCUT2D eigenvalue weighted by Gasteiger charge is -2.34. The molecule has 7 heteroatoms. The molecule has 0 aliphatic carbocycles. The number of nitrogens with zero attached hydrogens (tertiary/aromatic N) is 2. The molecule has 1 atom stereocenters. The van der Waals surface area contributed by atoms with Crippen molar-refractivity contribution in [3.05, 3.63) is 23.9 Å². The lowest BCUT2D eigenvalue weighted by Crippen LogP contribution is -2.52. The number of nitrogens with one attached hydrogen (secondary N) is 2. The van der Waals surface area contributed by atoms with Gasteiger partial charge in [-0.15, -0.1) is 0 Å². The molecule has 0 saturated carbocycles. The first kappa shape index (κ1) is 13.7. The highest BCUT2D eigenvalue weighted by molar-refractivity contribution is 5.81. The van der Waals surface area contributed by atoms with E-state index in [2.05, 4.69) is 20.6 Å². The highest BCUT2D eigenvalue weighted by Gasteiger charge is 2.28. The summed E-state index contributed by atoms with van der Waals surface area (Å²) in [5.74, 6) is 5.93. The van der Waals surface area contributed by atoms with E-state index >= 15 is 0 Å². The van der Waals surface area contributed by atoms with Crippen molar-refractivity contribution in [2.24, 2.45) is 5.84 Å². The average Bonchev–Trinajstić information content (AvgIpc) is 2.47. The van der Waals surface area contributed by atoms with Gasteiger partial charge in [0.05, 0.1) is 13.2 Å². The molecule has 1 unspecified atom stereocenters. The summed E-state index contributed by atoms with van der Waals surface area (Å²) in [5.41, 5.74) is 3.57. The Kier molecular flexibility index (Phi) is 4.67. The number of anilines is 1. The molecule has 19 heavy (non-hydrogen) atoms. The zero-order chi connectivity index (χ0) is 13.7. The minimum absolute atomic E-state index is 0.0223. The fraction of sp³-hybridized carbons (Fsp3) is 0.500. The van der Waals surface area contributed by atoms with Crippen LogP contribution in [0, 0.1) is 0 Å². The number of rotatable bonds is 4. The summed E-state index contributed by atoms with van der Waals surface area (Å²) in [5, 5.41) is 2.67. The number of morpholine rings is 1. The molecule has 1 saturated heterocycles. The number of aromatic nitrogens is 1. The predicted molar refractivity (Wildman–Crippen MR) is 71.1 cm³/mol. The number of nitrogen functional groups attached to an aromatic ring is 1. The maximum Gasteiger partial charge on any atom is 0.239 e. The third-order valence-corrected chi connectivity index (χ3v) is 3.15. The molecule has 1 aromatic rings. The molecule has 104 valence electrons. The summed E-state index contributed by atoms with van der Waals surface area (Å²) < 4.78 is 5.37. The molecular formula is C12H19N5O2. The molecule has 1 amide bonds. The summed E-state index contributed by atoms with van der Waals surface area (Å²) >= 11 is 0. The molecule has 7 nitrogen and oxygen atoms in total. The molecule has 1 aliphatic heterocycles. The molecule has 0 aromatic carbocycles. The summed E-state index contributed by atoms with van der Waals surface area (Å²) in [6.45, 7) is 2.46. The fourth-order valence-corrected chi connectivity index (χ4v) is 2.12. The van der Waals surface area contributed by atoms with Crippen LogP contribution < -0.4 is 16.6 Å². The van der Waals surface area contributed by atoms with E-state index in [0.717, 1.165) is 12.1 Å². The number of ether oxygens (including phenoxy) is 1. The third-order valence-electron chi connectivity index (χ3n) is 3.15. The second-order valence-electron chi connectivity index (χ2n) is 4.37. The van der Waals surface area contributed by atoms with Crippen LogP contribution in [-0.2, 0) is 16.1 Å². The zero-order valence-corrected chi connectivity index (χ0v) is 10.9. The van der Waals surface area contributed by atoms with E-state index < -0.39 is 0 Å². The number of hydrogen-bond acceptors (Lipinski definition) is 6. The van der Waals surface area contributed by atoms with E-state index in [-0.39, 0.29) is 11.9 Å². The molecule has 0 spiro atoms. The number of carbonyl (C=O) groups excluding carboxylic acids is 1. The standard InChI is InChI=1S/C12H19N5O2/c1-14-12(18)10-8-19-5-4-17(10)7-9-2-3-15-11(6-9)16-13/h2-3,6,10H,4-5,7-8,13H2,1H3,(H,14,18)(H,15,16). The predicted octanol–water partition coefficient (Wildman–Crippen LogP) is -0.686. The number of nitrogens with two attached hydrogens (primary N) is 1. The summed E-state index contributed by atoms with van der Waals surface area (Å²) in [6, 6.07) is 3.54. The molecular weight excluding hydrogens is 246 g/mol. The first-order valence-corrected chi connectivity index (χ1v) is 6.19. The molecule has 0 bridgehead atoms. The minimum atomic E-state index is -0.249. The molecule has 1 fully saturated rings. The largest absolute Gasteiger partial charge is 0.378 e. The fourth-order valence-electron chi connectivity index (χ4n) is 2.12. The van der Waals surface area contributed by atoms with Gasteiger partial charge in [0.1, 0.15) is 11.9 Å². The molecule has 1 aromatic heterocycles. The Bertz CT molecular complexity index is 440. The number of amides is 1. The normalized spacial score (nSPS) is 20.0. The molecule has 1 aliphatic rings. The van der Waals surface area contributed by atoms with Gasteiger partial charge in [-0.1, -0.05) is 0 Å². The quantitative estimate of drug-likeness (QED) is 0.493. The van der Waals surface area contributed by atoms with Crippen LogP contribution >= 0.6 is 0 Å². The van der Waals surface area contributed by atoms with Crippen LogP contribution in [-0.4, -0.2) is 48.6 Å². The van der Waals surface area contributed by atoms with Crippen molar-refractivity contribution in [2.45, 2.75) is 12.6 Å². The van der Waals surface area contributed by atoms with Gasteiger partial charge in [0.15, 0.2) is 0 Å². The maximum absolute atomic E-state index is 11.8. The van der Waals surface area contributed by atoms with Gasteiger partial charge in [0.2, 0.25) is 5.91 Å². The van der Waals surface area contributed by atoms with Crippen LogP contribution in [0.3, 0.4) is 0 Å². The number of likely N-dealkylation sites (N-methyl/N-ethyl adjacent to an activating group) is 1. The Morgan fingerprint density at radius 1 is 1.68 bits per heavy atom. The van der Waals surface area contributed by atoms with Gasteiger partial charge in [-0.3, -0.25) is 9.69 Å². The maximum atomic E-state index is 11.8. The lowest BCUT2D eigenvalue weighted by molar-refractivity contribution is -0.132. The Hall–Kier alpha value is -1.70. The SMILES string of the molecule is CNC(=O)C1COCCN1Cc1ccnc(NN)c1. The van der Waals surface area contributed by atoms with Crippen molar-refractivity contribution in [2.75, 3.05) is 32.2 Å². The van der Waals surface area contributed by atoms with Crippen molar-refractivity contribution >= 4 is 11.7 Å².